The number of rotatable bonds is 5. The van der Waals surface area contributed by atoms with Crippen molar-refractivity contribution in [1.29, 1.82) is 0 Å². The summed E-state index contributed by atoms with van der Waals surface area (Å²) in [6, 6.07) is 2.41. The first-order valence-electron chi connectivity index (χ1n) is 5.91. The standard InChI is InChI=1S/C11H13FN2O5S/c12-10-2-1-9(5-11(10)14(16)17)20(18,19)13-6-7-3-8(15)4-7/h1-2,5,7-8,13,15H,3-4,6H2. The number of nitro groups is 1. The average Bonchev–Trinajstić information content (AvgIpc) is 2.33. The molecule has 0 saturated heterocycles. The smallest absolute Gasteiger partial charge is 0.306 e. The number of benzene rings is 1. The van der Waals surface area contributed by atoms with E-state index in [1.807, 2.05) is 0 Å². The largest absolute Gasteiger partial charge is 0.393 e. The molecule has 0 unspecified atom stereocenters. The lowest BCUT2D eigenvalue weighted by molar-refractivity contribution is -0.387. The van der Waals surface area contributed by atoms with E-state index >= 15 is 0 Å². The molecule has 1 aromatic rings. The van der Waals surface area contributed by atoms with E-state index < -0.39 is 32.6 Å². The van der Waals surface area contributed by atoms with Crippen LogP contribution in [0.25, 0.3) is 0 Å². The molecule has 1 saturated carbocycles. The quantitative estimate of drug-likeness (QED) is 0.617. The number of halogens is 1. The molecule has 1 aliphatic carbocycles. The van der Waals surface area contributed by atoms with E-state index in [2.05, 4.69) is 4.72 Å². The molecule has 9 heteroatoms. The van der Waals surface area contributed by atoms with Gasteiger partial charge in [-0.15, -0.1) is 0 Å². The Balaban J connectivity index is 2.12. The van der Waals surface area contributed by atoms with Gasteiger partial charge in [0.2, 0.25) is 15.8 Å². The van der Waals surface area contributed by atoms with E-state index in [1.165, 1.54) is 0 Å². The lowest BCUT2D eigenvalue weighted by atomic mass is 9.83. The van der Waals surface area contributed by atoms with Crippen molar-refractivity contribution in [3.8, 4) is 0 Å². The molecule has 20 heavy (non-hydrogen) atoms. The van der Waals surface area contributed by atoms with Crippen LogP contribution >= 0.6 is 0 Å². The van der Waals surface area contributed by atoms with E-state index in [1.54, 1.807) is 0 Å². The molecule has 0 heterocycles. The van der Waals surface area contributed by atoms with Crippen LogP contribution in [-0.4, -0.2) is 31.1 Å². The predicted octanol–water partition coefficient (Wildman–Crippen LogP) is 0.783. The minimum atomic E-state index is -3.92. The van der Waals surface area contributed by atoms with Gasteiger partial charge in [-0.2, -0.15) is 4.39 Å². The SMILES string of the molecule is O=[N+]([O-])c1cc(S(=O)(=O)NCC2CC(O)C2)ccc1F. The molecule has 0 amide bonds. The summed E-state index contributed by atoms with van der Waals surface area (Å²) in [5.74, 6) is -1.04. The Morgan fingerprint density at radius 1 is 1.45 bits per heavy atom. The second-order valence-electron chi connectivity index (χ2n) is 4.71. The number of nitrogens with one attached hydrogen (secondary N) is 1. The lowest BCUT2D eigenvalue weighted by Gasteiger charge is -2.31. The summed E-state index contributed by atoms with van der Waals surface area (Å²) in [5.41, 5.74) is -0.882. The van der Waals surface area contributed by atoms with Crippen LogP contribution in [0.3, 0.4) is 0 Å². The highest BCUT2D eigenvalue weighted by Gasteiger charge is 2.29. The first-order valence-corrected chi connectivity index (χ1v) is 7.39. The third-order valence-corrected chi connectivity index (χ3v) is 4.62. The number of aliphatic hydroxyl groups excluding tert-OH is 1. The Kier molecular flexibility index (Phi) is 4.02. The number of nitro benzene ring substituents is 1. The fourth-order valence-corrected chi connectivity index (χ4v) is 3.11. The van der Waals surface area contributed by atoms with Crippen LogP contribution in [-0.2, 0) is 10.0 Å². The molecule has 110 valence electrons. The number of nitrogens with zero attached hydrogens (tertiary/aromatic N) is 1. The van der Waals surface area contributed by atoms with Gasteiger partial charge in [0, 0.05) is 12.6 Å². The second kappa shape index (κ2) is 5.43. The Bertz CT molecular complexity index is 628. The zero-order chi connectivity index (χ0) is 14.9. The van der Waals surface area contributed by atoms with Crippen LogP contribution in [0.2, 0.25) is 0 Å². The first-order chi connectivity index (χ1) is 9.29. The zero-order valence-electron chi connectivity index (χ0n) is 10.3. The maximum Gasteiger partial charge on any atom is 0.306 e. The van der Waals surface area contributed by atoms with Crippen LogP contribution in [0.5, 0.6) is 0 Å². The molecule has 2 N–H and O–H groups in total. The highest BCUT2D eigenvalue weighted by molar-refractivity contribution is 7.89. The molecular weight excluding hydrogens is 291 g/mol. The van der Waals surface area contributed by atoms with Crippen LogP contribution in [0, 0.1) is 21.8 Å². The van der Waals surface area contributed by atoms with Gasteiger partial charge in [0.15, 0.2) is 0 Å². The van der Waals surface area contributed by atoms with Gasteiger partial charge in [0.05, 0.1) is 15.9 Å². The molecule has 0 bridgehead atoms. The molecule has 0 aliphatic heterocycles. The molecule has 0 atom stereocenters. The van der Waals surface area contributed by atoms with Gasteiger partial charge in [-0.3, -0.25) is 10.1 Å². The van der Waals surface area contributed by atoms with Crippen molar-refractivity contribution in [3.63, 3.8) is 0 Å². The summed E-state index contributed by atoms with van der Waals surface area (Å²) in [6.07, 6.45) is 0.648. The molecule has 0 aromatic heterocycles. The van der Waals surface area contributed by atoms with Crippen LogP contribution in [0.4, 0.5) is 10.1 Å². The van der Waals surface area contributed by atoms with Gasteiger partial charge in [-0.25, -0.2) is 13.1 Å². The summed E-state index contributed by atoms with van der Waals surface area (Å²) in [7, 11) is -3.92. The van der Waals surface area contributed by atoms with Gasteiger partial charge in [-0.1, -0.05) is 0 Å². The van der Waals surface area contributed by atoms with Crippen molar-refractivity contribution in [2.45, 2.75) is 23.8 Å². The molecule has 7 nitrogen and oxygen atoms in total. The summed E-state index contributed by atoms with van der Waals surface area (Å²) < 4.78 is 39.3. The summed E-state index contributed by atoms with van der Waals surface area (Å²) in [4.78, 5) is 9.25. The third kappa shape index (κ3) is 3.11. The Labute approximate surface area is 114 Å². The maximum absolute atomic E-state index is 13.1. The Hall–Kier alpha value is -1.58. The van der Waals surface area contributed by atoms with Crippen molar-refractivity contribution in [2.24, 2.45) is 5.92 Å². The fourth-order valence-electron chi connectivity index (χ4n) is 1.98. The highest BCUT2D eigenvalue weighted by atomic mass is 32.2. The molecule has 0 spiro atoms. The Morgan fingerprint density at radius 2 is 2.10 bits per heavy atom. The molecule has 1 aromatic carbocycles. The van der Waals surface area contributed by atoms with E-state index in [9.17, 15) is 22.9 Å². The molecule has 1 fully saturated rings. The van der Waals surface area contributed by atoms with E-state index in [-0.39, 0.29) is 17.4 Å². The van der Waals surface area contributed by atoms with Crippen molar-refractivity contribution >= 4 is 15.7 Å². The first kappa shape index (κ1) is 14.8. The van der Waals surface area contributed by atoms with Crippen molar-refractivity contribution in [1.82, 2.24) is 4.72 Å². The molecular formula is C11H13FN2O5S. The molecule has 2 rings (SSSR count). The van der Waals surface area contributed by atoms with Gasteiger partial charge in [0.25, 0.3) is 0 Å². The summed E-state index contributed by atoms with van der Waals surface area (Å²) in [6.45, 7) is 0.143. The second-order valence-corrected chi connectivity index (χ2v) is 6.48. The van der Waals surface area contributed by atoms with Gasteiger partial charge >= 0.3 is 5.69 Å². The average molecular weight is 304 g/mol. The van der Waals surface area contributed by atoms with Gasteiger partial charge in [-0.05, 0) is 30.9 Å². The molecule has 1 aliphatic rings. The van der Waals surface area contributed by atoms with Crippen molar-refractivity contribution in [2.75, 3.05) is 6.54 Å². The summed E-state index contributed by atoms with van der Waals surface area (Å²) in [5, 5.41) is 19.7. The topological polar surface area (TPSA) is 110 Å². The number of hydrogen-bond donors (Lipinski definition) is 2. The fraction of sp³-hybridized carbons (Fsp3) is 0.455. The predicted molar refractivity (Wildman–Crippen MR) is 67.0 cm³/mol. The van der Waals surface area contributed by atoms with Crippen LogP contribution in [0.15, 0.2) is 23.1 Å². The van der Waals surface area contributed by atoms with Gasteiger partial charge in [0.1, 0.15) is 0 Å². The monoisotopic (exact) mass is 304 g/mol. The highest BCUT2D eigenvalue weighted by Crippen LogP contribution is 2.27. The van der Waals surface area contributed by atoms with E-state index in [0.29, 0.717) is 18.9 Å². The number of aliphatic hydroxyl groups is 1. The van der Waals surface area contributed by atoms with Gasteiger partial charge < -0.3 is 5.11 Å². The van der Waals surface area contributed by atoms with E-state index in [0.717, 1.165) is 12.1 Å². The van der Waals surface area contributed by atoms with Crippen LogP contribution in [0.1, 0.15) is 12.8 Å². The summed E-state index contributed by atoms with van der Waals surface area (Å²) >= 11 is 0. The van der Waals surface area contributed by atoms with Crippen LogP contribution < -0.4 is 4.72 Å². The minimum Gasteiger partial charge on any atom is -0.393 e. The normalized spacial score (nSPS) is 22.3. The third-order valence-electron chi connectivity index (χ3n) is 3.20. The lowest BCUT2D eigenvalue weighted by Crippen LogP contribution is -2.38. The number of sulfonamides is 1. The minimum absolute atomic E-state index is 0.0511. The number of hydrogen-bond acceptors (Lipinski definition) is 5. The molecule has 0 radical (unpaired) electrons. The maximum atomic E-state index is 13.1. The van der Waals surface area contributed by atoms with Crippen molar-refractivity contribution < 1.29 is 22.8 Å². The van der Waals surface area contributed by atoms with E-state index in [4.69, 9.17) is 5.11 Å². The Morgan fingerprint density at radius 3 is 2.65 bits per heavy atom. The zero-order valence-corrected chi connectivity index (χ0v) is 11.1. The van der Waals surface area contributed by atoms with Crippen molar-refractivity contribution in [3.05, 3.63) is 34.1 Å².